The summed E-state index contributed by atoms with van der Waals surface area (Å²) in [4.78, 5) is 14.4. The van der Waals surface area contributed by atoms with Crippen LogP contribution < -0.4 is 4.90 Å². The third-order valence-corrected chi connectivity index (χ3v) is 2.36. The quantitative estimate of drug-likeness (QED) is 0.826. The topological polar surface area (TPSA) is 59.7 Å². The summed E-state index contributed by atoms with van der Waals surface area (Å²) in [5.74, 6) is 0.977. The van der Waals surface area contributed by atoms with Crippen molar-refractivity contribution in [2.24, 2.45) is 0 Å². The van der Waals surface area contributed by atoms with Gasteiger partial charge in [-0.1, -0.05) is 6.92 Å². The van der Waals surface area contributed by atoms with Crippen LogP contribution in [0.1, 0.15) is 13.3 Å². The number of aromatic nitrogens is 5. The molecule has 6 nitrogen and oxygen atoms in total. The first-order valence-corrected chi connectivity index (χ1v) is 5.71. The van der Waals surface area contributed by atoms with Crippen LogP contribution in [-0.2, 0) is 0 Å². The molecule has 0 aliphatic heterocycles. The van der Waals surface area contributed by atoms with Gasteiger partial charge in [-0.05, 0) is 24.1 Å². The predicted molar refractivity (Wildman–Crippen MR) is 65.5 cm³/mol. The Bertz CT molecular complexity index is 484. The second-order valence-corrected chi connectivity index (χ2v) is 3.91. The van der Waals surface area contributed by atoms with Crippen LogP contribution in [-0.4, -0.2) is 38.3 Å². The third-order valence-electron chi connectivity index (χ3n) is 2.19. The lowest BCUT2D eigenvalue weighted by Crippen LogP contribution is -2.21. The van der Waals surface area contributed by atoms with Crippen LogP contribution in [0.4, 0.5) is 5.95 Å². The third kappa shape index (κ3) is 2.71. The van der Waals surface area contributed by atoms with Crippen LogP contribution in [0.5, 0.6) is 0 Å². The van der Waals surface area contributed by atoms with Crippen LogP contribution in [0, 0.1) is 0 Å². The van der Waals surface area contributed by atoms with Gasteiger partial charge < -0.3 is 4.90 Å². The predicted octanol–water partition coefficient (Wildman–Crippen LogP) is 1.56. The zero-order valence-corrected chi connectivity index (χ0v) is 10.5. The van der Waals surface area contributed by atoms with Crippen LogP contribution >= 0.6 is 11.6 Å². The van der Waals surface area contributed by atoms with Crippen molar-refractivity contribution in [3.8, 4) is 5.95 Å². The molecule has 0 unspecified atom stereocenters. The van der Waals surface area contributed by atoms with Crippen molar-refractivity contribution in [3.05, 3.63) is 23.7 Å². The van der Waals surface area contributed by atoms with E-state index >= 15 is 0 Å². The van der Waals surface area contributed by atoms with Gasteiger partial charge >= 0.3 is 0 Å². The van der Waals surface area contributed by atoms with Crippen LogP contribution in [0.15, 0.2) is 18.5 Å². The van der Waals surface area contributed by atoms with Gasteiger partial charge in [0.05, 0.1) is 0 Å². The van der Waals surface area contributed by atoms with Crippen LogP contribution in [0.3, 0.4) is 0 Å². The SMILES string of the molecule is CCCN(C)c1nc(Cl)nc(-n2cccn2)n1. The molecule has 2 rings (SSSR count). The molecule has 2 aromatic heterocycles. The number of nitrogens with zero attached hydrogens (tertiary/aromatic N) is 6. The van der Waals surface area contributed by atoms with Gasteiger partial charge in [0, 0.05) is 26.0 Å². The van der Waals surface area contributed by atoms with Crippen LogP contribution in [0.2, 0.25) is 5.28 Å². The summed E-state index contributed by atoms with van der Waals surface area (Å²) >= 11 is 5.88. The van der Waals surface area contributed by atoms with Crippen LogP contribution in [0.25, 0.3) is 5.95 Å². The lowest BCUT2D eigenvalue weighted by Gasteiger charge is -2.16. The molecule has 0 bridgehead atoms. The molecular weight excluding hydrogens is 240 g/mol. The van der Waals surface area contributed by atoms with E-state index in [1.165, 1.54) is 0 Å². The Balaban J connectivity index is 2.36. The van der Waals surface area contributed by atoms with E-state index in [1.54, 1.807) is 23.1 Å². The summed E-state index contributed by atoms with van der Waals surface area (Å²) in [5, 5.41) is 4.23. The molecule has 0 saturated carbocycles. The van der Waals surface area contributed by atoms with E-state index in [-0.39, 0.29) is 5.28 Å². The summed E-state index contributed by atoms with van der Waals surface area (Å²) in [7, 11) is 1.92. The summed E-state index contributed by atoms with van der Waals surface area (Å²) in [6, 6.07) is 1.80. The first-order valence-electron chi connectivity index (χ1n) is 5.33. The first kappa shape index (κ1) is 11.8. The average Bonchev–Trinajstić information content (AvgIpc) is 2.82. The maximum Gasteiger partial charge on any atom is 0.256 e. The van der Waals surface area contributed by atoms with Crippen molar-refractivity contribution < 1.29 is 0 Å². The normalized spacial score (nSPS) is 10.5. The van der Waals surface area contributed by atoms with Gasteiger partial charge in [-0.3, -0.25) is 0 Å². The number of anilines is 1. The molecule has 90 valence electrons. The Hall–Kier alpha value is -1.69. The summed E-state index contributed by atoms with van der Waals surface area (Å²) in [6.45, 7) is 2.95. The molecule has 0 aliphatic rings. The molecule has 0 saturated heterocycles. The van der Waals surface area contributed by atoms with Gasteiger partial charge in [0.1, 0.15) is 0 Å². The molecular formula is C10H13ClN6. The number of hydrogen-bond acceptors (Lipinski definition) is 5. The van der Waals surface area contributed by atoms with E-state index in [0.717, 1.165) is 13.0 Å². The second-order valence-electron chi connectivity index (χ2n) is 3.58. The Morgan fingerprint density at radius 3 is 2.82 bits per heavy atom. The first-order chi connectivity index (χ1) is 8.20. The highest BCUT2D eigenvalue weighted by atomic mass is 35.5. The highest BCUT2D eigenvalue weighted by molar-refractivity contribution is 6.28. The molecule has 0 spiro atoms. The van der Waals surface area contributed by atoms with Crippen molar-refractivity contribution >= 4 is 17.5 Å². The zero-order chi connectivity index (χ0) is 12.3. The molecule has 0 radical (unpaired) electrons. The molecule has 0 fully saturated rings. The van der Waals surface area contributed by atoms with Crippen molar-refractivity contribution in [1.29, 1.82) is 0 Å². The fourth-order valence-corrected chi connectivity index (χ4v) is 1.58. The highest BCUT2D eigenvalue weighted by Crippen LogP contribution is 2.12. The Labute approximate surface area is 104 Å². The second kappa shape index (κ2) is 5.09. The zero-order valence-electron chi connectivity index (χ0n) is 9.71. The molecule has 0 N–H and O–H groups in total. The smallest absolute Gasteiger partial charge is 0.256 e. The van der Waals surface area contributed by atoms with Crippen molar-refractivity contribution in [3.63, 3.8) is 0 Å². The van der Waals surface area contributed by atoms with Crippen molar-refractivity contribution in [1.82, 2.24) is 24.7 Å². The molecule has 17 heavy (non-hydrogen) atoms. The minimum Gasteiger partial charge on any atom is -0.344 e. The minimum atomic E-state index is 0.170. The molecule has 0 amide bonds. The lowest BCUT2D eigenvalue weighted by molar-refractivity contribution is 0.764. The minimum absolute atomic E-state index is 0.170. The fraction of sp³-hybridized carbons (Fsp3) is 0.400. The van der Waals surface area contributed by atoms with Gasteiger partial charge in [0.25, 0.3) is 5.95 Å². The molecule has 7 heteroatoms. The maximum absolute atomic E-state index is 5.88. The molecule has 2 aromatic rings. The highest BCUT2D eigenvalue weighted by Gasteiger charge is 2.10. The largest absolute Gasteiger partial charge is 0.344 e. The van der Waals surface area contributed by atoms with Gasteiger partial charge in [-0.2, -0.15) is 20.1 Å². The van der Waals surface area contributed by atoms with E-state index in [2.05, 4.69) is 27.0 Å². The molecule has 0 atom stereocenters. The molecule has 0 aliphatic carbocycles. The maximum atomic E-state index is 5.88. The standard InChI is InChI=1S/C10H13ClN6/c1-3-6-16(2)9-13-8(11)14-10(15-9)17-7-4-5-12-17/h4-5,7H,3,6H2,1-2H3. The Kier molecular flexibility index (Phi) is 3.53. The van der Waals surface area contributed by atoms with Gasteiger partial charge in [0.2, 0.25) is 11.2 Å². The van der Waals surface area contributed by atoms with E-state index in [1.807, 2.05) is 11.9 Å². The Morgan fingerprint density at radius 2 is 2.18 bits per heavy atom. The van der Waals surface area contributed by atoms with Crippen molar-refractivity contribution in [2.45, 2.75) is 13.3 Å². The van der Waals surface area contributed by atoms with Gasteiger partial charge in [0.15, 0.2) is 0 Å². The van der Waals surface area contributed by atoms with Crippen molar-refractivity contribution in [2.75, 3.05) is 18.5 Å². The summed E-state index contributed by atoms with van der Waals surface area (Å²) in [6.07, 6.45) is 4.43. The number of rotatable bonds is 4. The molecule has 2 heterocycles. The fourth-order valence-electron chi connectivity index (χ4n) is 1.43. The number of hydrogen-bond donors (Lipinski definition) is 0. The summed E-state index contributed by atoms with van der Waals surface area (Å²) < 4.78 is 1.55. The van der Waals surface area contributed by atoms with E-state index in [0.29, 0.717) is 11.9 Å². The lowest BCUT2D eigenvalue weighted by atomic mass is 10.4. The monoisotopic (exact) mass is 252 g/mol. The summed E-state index contributed by atoms with van der Waals surface area (Å²) in [5.41, 5.74) is 0. The van der Waals surface area contributed by atoms with E-state index in [9.17, 15) is 0 Å². The molecule has 0 aromatic carbocycles. The van der Waals surface area contributed by atoms with E-state index < -0.39 is 0 Å². The van der Waals surface area contributed by atoms with E-state index in [4.69, 9.17) is 11.6 Å². The number of halogens is 1. The van der Waals surface area contributed by atoms with Gasteiger partial charge in [-0.25, -0.2) is 4.68 Å². The van der Waals surface area contributed by atoms with Gasteiger partial charge in [-0.15, -0.1) is 0 Å². The Morgan fingerprint density at radius 1 is 1.35 bits per heavy atom. The average molecular weight is 253 g/mol.